The minimum Gasteiger partial charge on any atom is -0.508 e. The molecule has 0 amide bonds. The van der Waals surface area contributed by atoms with Gasteiger partial charge in [-0.05, 0) is 37.0 Å². The van der Waals surface area contributed by atoms with Gasteiger partial charge in [0.25, 0.3) is 0 Å². The number of hydrogen-bond donors (Lipinski definition) is 3. The predicted molar refractivity (Wildman–Crippen MR) is 56.1 cm³/mol. The van der Waals surface area contributed by atoms with Crippen LogP contribution in [0.2, 0.25) is 0 Å². The molecule has 3 heteroatoms. The van der Waals surface area contributed by atoms with Crippen LogP contribution in [0.15, 0.2) is 18.2 Å². The van der Waals surface area contributed by atoms with Gasteiger partial charge in [-0.3, -0.25) is 0 Å². The second-order valence-electron chi connectivity index (χ2n) is 3.52. The molecular weight excluding hydrogens is 178 g/mol. The van der Waals surface area contributed by atoms with Gasteiger partial charge in [-0.2, -0.15) is 0 Å². The molecule has 0 aliphatic heterocycles. The maximum atomic E-state index is 9.32. The third kappa shape index (κ3) is 2.72. The van der Waals surface area contributed by atoms with Crippen molar-refractivity contribution in [2.45, 2.75) is 25.8 Å². The fourth-order valence-electron chi connectivity index (χ4n) is 1.39. The lowest BCUT2D eigenvalue weighted by molar-refractivity contribution is 0.280. The molecule has 0 bridgehead atoms. The Morgan fingerprint density at radius 2 is 2.14 bits per heavy atom. The topological polar surface area (TPSA) is 66.5 Å². The summed E-state index contributed by atoms with van der Waals surface area (Å²) in [5.41, 5.74) is 7.75. The van der Waals surface area contributed by atoms with Crippen LogP contribution in [-0.2, 0) is 0 Å². The predicted octanol–water partition coefficient (Wildman–Crippen LogP) is 1.47. The van der Waals surface area contributed by atoms with Gasteiger partial charge >= 0.3 is 0 Å². The lowest BCUT2D eigenvalue weighted by Crippen LogP contribution is -2.10. The molecule has 0 saturated heterocycles. The van der Waals surface area contributed by atoms with Crippen LogP contribution in [0.1, 0.15) is 30.0 Å². The molecule has 0 fully saturated rings. The van der Waals surface area contributed by atoms with Crippen LogP contribution in [0.25, 0.3) is 0 Å². The summed E-state index contributed by atoms with van der Waals surface area (Å²) in [6, 6.07) is 5.31. The molecular formula is C11H17NO2. The summed E-state index contributed by atoms with van der Waals surface area (Å²) in [5, 5.41) is 18.0. The number of aromatic hydroxyl groups is 1. The molecule has 4 N–H and O–H groups in total. The molecule has 0 heterocycles. The minimum absolute atomic E-state index is 0.0542. The quantitative estimate of drug-likeness (QED) is 0.681. The van der Waals surface area contributed by atoms with Gasteiger partial charge in [0.15, 0.2) is 0 Å². The van der Waals surface area contributed by atoms with E-state index in [1.165, 1.54) is 0 Å². The van der Waals surface area contributed by atoms with E-state index >= 15 is 0 Å². The highest BCUT2D eigenvalue weighted by Gasteiger charge is 2.06. The SMILES string of the molecule is Cc1cc([C@@H](N)CCCO)ccc1O. The van der Waals surface area contributed by atoms with E-state index in [-0.39, 0.29) is 12.6 Å². The van der Waals surface area contributed by atoms with Crippen LogP contribution in [0.5, 0.6) is 5.75 Å². The average molecular weight is 195 g/mol. The summed E-state index contributed by atoms with van der Waals surface area (Å²) < 4.78 is 0. The first kappa shape index (κ1) is 11.0. The van der Waals surface area contributed by atoms with Gasteiger partial charge < -0.3 is 15.9 Å². The van der Waals surface area contributed by atoms with Crippen molar-refractivity contribution in [1.29, 1.82) is 0 Å². The number of phenolic OH excluding ortho intramolecular Hbond substituents is 1. The fraction of sp³-hybridized carbons (Fsp3) is 0.455. The van der Waals surface area contributed by atoms with Gasteiger partial charge in [-0.1, -0.05) is 12.1 Å². The van der Waals surface area contributed by atoms with Crippen LogP contribution in [0.4, 0.5) is 0 Å². The van der Waals surface area contributed by atoms with Crippen molar-refractivity contribution in [2.75, 3.05) is 6.61 Å². The lowest BCUT2D eigenvalue weighted by Gasteiger charge is -2.12. The van der Waals surface area contributed by atoms with Gasteiger partial charge in [0.2, 0.25) is 0 Å². The van der Waals surface area contributed by atoms with Gasteiger partial charge in [0, 0.05) is 12.6 Å². The van der Waals surface area contributed by atoms with E-state index in [4.69, 9.17) is 10.8 Å². The third-order valence-corrected chi connectivity index (χ3v) is 2.32. The molecule has 0 aromatic heterocycles. The smallest absolute Gasteiger partial charge is 0.118 e. The molecule has 0 aliphatic rings. The standard InChI is InChI=1S/C11H17NO2/c1-8-7-9(4-5-11(8)14)10(12)3-2-6-13/h4-5,7,10,13-14H,2-3,6,12H2,1H3/t10-/m0/s1. The van der Waals surface area contributed by atoms with E-state index < -0.39 is 0 Å². The molecule has 3 nitrogen and oxygen atoms in total. The second-order valence-corrected chi connectivity index (χ2v) is 3.52. The zero-order valence-corrected chi connectivity index (χ0v) is 8.40. The minimum atomic E-state index is -0.0542. The monoisotopic (exact) mass is 195 g/mol. The Kier molecular flexibility index (Phi) is 3.92. The van der Waals surface area contributed by atoms with Crippen molar-refractivity contribution in [2.24, 2.45) is 5.73 Å². The van der Waals surface area contributed by atoms with Crippen LogP contribution in [-0.4, -0.2) is 16.8 Å². The largest absolute Gasteiger partial charge is 0.508 e. The van der Waals surface area contributed by atoms with Crippen LogP contribution < -0.4 is 5.73 Å². The summed E-state index contributed by atoms with van der Waals surface area (Å²) in [7, 11) is 0. The highest BCUT2D eigenvalue weighted by Crippen LogP contribution is 2.22. The van der Waals surface area contributed by atoms with Crippen LogP contribution in [0, 0.1) is 6.92 Å². The highest BCUT2D eigenvalue weighted by molar-refractivity contribution is 5.36. The normalized spacial score (nSPS) is 12.8. The molecule has 0 saturated carbocycles. The van der Waals surface area contributed by atoms with Gasteiger partial charge in [0.05, 0.1) is 0 Å². The van der Waals surface area contributed by atoms with Crippen molar-refractivity contribution in [3.63, 3.8) is 0 Å². The maximum Gasteiger partial charge on any atom is 0.118 e. The van der Waals surface area contributed by atoms with E-state index in [0.29, 0.717) is 12.2 Å². The molecule has 1 aromatic carbocycles. The Bertz CT molecular complexity index is 299. The van der Waals surface area contributed by atoms with Crippen molar-refractivity contribution in [3.8, 4) is 5.75 Å². The van der Waals surface area contributed by atoms with Crippen molar-refractivity contribution in [1.82, 2.24) is 0 Å². The summed E-state index contributed by atoms with van der Waals surface area (Å²) in [5.74, 6) is 0.295. The Balaban J connectivity index is 2.70. The molecule has 14 heavy (non-hydrogen) atoms. The number of aliphatic hydroxyl groups is 1. The van der Waals surface area contributed by atoms with Crippen molar-refractivity contribution >= 4 is 0 Å². The Hall–Kier alpha value is -1.06. The van der Waals surface area contributed by atoms with Gasteiger partial charge in [-0.25, -0.2) is 0 Å². The number of phenols is 1. The Labute approximate surface area is 84.2 Å². The van der Waals surface area contributed by atoms with E-state index in [1.54, 1.807) is 6.07 Å². The number of hydrogen-bond acceptors (Lipinski definition) is 3. The average Bonchev–Trinajstić information content (AvgIpc) is 2.18. The number of benzene rings is 1. The molecule has 0 aliphatic carbocycles. The second kappa shape index (κ2) is 4.98. The van der Waals surface area contributed by atoms with Crippen molar-refractivity contribution < 1.29 is 10.2 Å². The van der Waals surface area contributed by atoms with Crippen LogP contribution in [0.3, 0.4) is 0 Å². The molecule has 0 unspecified atom stereocenters. The summed E-state index contributed by atoms with van der Waals surface area (Å²) >= 11 is 0. The number of aliphatic hydroxyl groups excluding tert-OH is 1. The van der Waals surface area contributed by atoms with E-state index in [1.807, 2.05) is 19.1 Å². The first-order chi connectivity index (χ1) is 6.65. The zero-order valence-electron chi connectivity index (χ0n) is 8.40. The molecule has 1 aromatic rings. The van der Waals surface area contributed by atoms with E-state index in [0.717, 1.165) is 17.5 Å². The first-order valence-electron chi connectivity index (χ1n) is 4.81. The summed E-state index contributed by atoms with van der Waals surface area (Å²) in [6.07, 6.45) is 1.47. The maximum absolute atomic E-state index is 9.32. The van der Waals surface area contributed by atoms with Gasteiger partial charge in [-0.15, -0.1) is 0 Å². The van der Waals surface area contributed by atoms with E-state index in [2.05, 4.69) is 0 Å². The molecule has 1 atom stereocenters. The molecule has 78 valence electrons. The number of rotatable bonds is 4. The Morgan fingerprint density at radius 1 is 1.43 bits per heavy atom. The number of aryl methyl sites for hydroxylation is 1. The number of nitrogens with two attached hydrogens (primary N) is 1. The molecule has 0 radical (unpaired) electrons. The van der Waals surface area contributed by atoms with Crippen molar-refractivity contribution in [3.05, 3.63) is 29.3 Å². The zero-order chi connectivity index (χ0) is 10.6. The third-order valence-electron chi connectivity index (χ3n) is 2.32. The van der Waals surface area contributed by atoms with Gasteiger partial charge in [0.1, 0.15) is 5.75 Å². The fourth-order valence-corrected chi connectivity index (χ4v) is 1.39. The summed E-state index contributed by atoms with van der Waals surface area (Å²) in [4.78, 5) is 0. The lowest BCUT2D eigenvalue weighted by atomic mass is 10.0. The van der Waals surface area contributed by atoms with Crippen LogP contribution >= 0.6 is 0 Å². The summed E-state index contributed by atoms with van der Waals surface area (Å²) in [6.45, 7) is 2.02. The highest BCUT2D eigenvalue weighted by atomic mass is 16.3. The molecule has 1 rings (SSSR count). The van der Waals surface area contributed by atoms with E-state index in [9.17, 15) is 5.11 Å². The first-order valence-corrected chi connectivity index (χ1v) is 4.81. The Morgan fingerprint density at radius 3 is 2.71 bits per heavy atom. The molecule has 0 spiro atoms.